The number of urea groups is 1. The summed E-state index contributed by atoms with van der Waals surface area (Å²) in [7, 11) is 0. The van der Waals surface area contributed by atoms with E-state index in [1.165, 1.54) is 17.7 Å². The van der Waals surface area contributed by atoms with Crippen molar-refractivity contribution in [3.63, 3.8) is 0 Å². The van der Waals surface area contributed by atoms with Gasteiger partial charge in [0.15, 0.2) is 0 Å². The first-order valence-electron chi connectivity index (χ1n) is 6.70. The molecule has 1 saturated carbocycles. The van der Waals surface area contributed by atoms with Gasteiger partial charge in [0.2, 0.25) is 0 Å². The average molecular weight is 267 g/mol. The summed E-state index contributed by atoms with van der Waals surface area (Å²) in [6, 6.07) is 0.277. The molecule has 18 heavy (non-hydrogen) atoms. The summed E-state index contributed by atoms with van der Waals surface area (Å²) < 4.78 is 0. The van der Waals surface area contributed by atoms with Crippen LogP contribution in [0, 0.1) is 0 Å². The fourth-order valence-electron chi connectivity index (χ4n) is 2.24. The number of carbonyl (C=O) groups is 1. The van der Waals surface area contributed by atoms with Gasteiger partial charge in [-0.25, -0.2) is 9.78 Å². The number of aryl methyl sites for hydroxylation is 1. The van der Waals surface area contributed by atoms with Crippen LogP contribution in [0.15, 0.2) is 6.20 Å². The fraction of sp³-hybridized carbons (Fsp3) is 0.692. The lowest BCUT2D eigenvalue weighted by molar-refractivity contribution is 0.234. The van der Waals surface area contributed by atoms with Gasteiger partial charge in [0.05, 0.1) is 6.04 Å². The molecule has 1 unspecified atom stereocenters. The standard InChI is InChI=1S/C13H21N3OS/c1-3-11-8-14-12(18-11)9(2)15-13(17)16-10-6-4-5-7-10/h8-10H,3-7H2,1-2H3,(H2,15,16,17). The topological polar surface area (TPSA) is 54.0 Å². The molecule has 5 heteroatoms. The number of amides is 2. The highest BCUT2D eigenvalue weighted by molar-refractivity contribution is 7.11. The third kappa shape index (κ3) is 3.45. The van der Waals surface area contributed by atoms with Gasteiger partial charge in [-0.15, -0.1) is 11.3 Å². The Morgan fingerprint density at radius 1 is 1.56 bits per heavy atom. The number of carbonyl (C=O) groups excluding carboxylic acids is 1. The average Bonchev–Trinajstić information content (AvgIpc) is 2.98. The highest BCUT2D eigenvalue weighted by Gasteiger charge is 2.19. The number of hydrogen-bond donors (Lipinski definition) is 2. The van der Waals surface area contributed by atoms with E-state index in [2.05, 4.69) is 22.5 Å². The Balaban J connectivity index is 1.82. The fourth-order valence-corrected chi connectivity index (χ4v) is 3.10. The van der Waals surface area contributed by atoms with Gasteiger partial charge < -0.3 is 10.6 Å². The van der Waals surface area contributed by atoms with E-state index in [0.717, 1.165) is 24.3 Å². The van der Waals surface area contributed by atoms with Gasteiger partial charge in [-0.2, -0.15) is 0 Å². The Hall–Kier alpha value is -1.10. The zero-order chi connectivity index (χ0) is 13.0. The molecule has 0 bridgehead atoms. The zero-order valence-corrected chi connectivity index (χ0v) is 11.8. The Kier molecular flexibility index (Phi) is 4.58. The third-order valence-electron chi connectivity index (χ3n) is 3.33. The van der Waals surface area contributed by atoms with Crippen molar-refractivity contribution < 1.29 is 4.79 Å². The van der Waals surface area contributed by atoms with Crippen LogP contribution in [-0.2, 0) is 6.42 Å². The molecule has 1 aromatic heterocycles. The van der Waals surface area contributed by atoms with Crippen molar-refractivity contribution in [3.05, 3.63) is 16.1 Å². The Labute approximate surface area is 112 Å². The third-order valence-corrected chi connectivity index (χ3v) is 4.65. The van der Waals surface area contributed by atoms with E-state index in [0.29, 0.717) is 6.04 Å². The van der Waals surface area contributed by atoms with Crippen LogP contribution >= 0.6 is 11.3 Å². The van der Waals surface area contributed by atoms with Gasteiger partial charge >= 0.3 is 6.03 Å². The minimum absolute atomic E-state index is 0.0169. The molecule has 2 amide bonds. The van der Waals surface area contributed by atoms with Crippen LogP contribution < -0.4 is 10.6 Å². The lowest BCUT2D eigenvalue weighted by Gasteiger charge is -2.16. The van der Waals surface area contributed by atoms with Crippen molar-refractivity contribution in [3.8, 4) is 0 Å². The lowest BCUT2D eigenvalue weighted by Crippen LogP contribution is -2.41. The first-order valence-corrected chi connectivity index (χ1v) is 7.52. The predicted octanol–water partition coefficient (Wildman–Crippen LogP) is 3.01. The van der Waals surface area contributed by atoms with Crippen LogP contribution in [0.25, 0.3) is 0 Å². The van der Waals surface area contributed by atoms with Gasteiger partial charge in [-0.05, 0) is 26.2 Å². The van der Waals surface area contributed by atoms with Crippen molar-refractivity contribution in [1.29, 1.82) is 0 Å². The van der Waals surface area contributed by atoms with Crippen molar-refractivity contribution in [2.75, 3.05) is 0 Å². The normalized spacial score (nSPS) is 17.7. The minimum atomic E-state index is -0.0670. The van der Waals surface area contributed by atoms with E-state index in [1.54, 1.807) is 11.3 Å². The number of hydrogen-bond acceptors (Lipinski definition) is 3. The van der Waals surface area contributed by atoms with Gasteiger partial charge in [0.1, 0.15) is 5.01 Å². The number of nitrogens with zero attached hydrogens (tertiary/aromatic N) is 1. The van der Waals surface area contributed by atoms with Gasteiger partial charge in [-0.1, -0.05) is 19.8 Å². The van der Waals surface area contributed by atoms with Crippen molar-refractivity contribution in [2.24, 2.45) is 0 Å². The molecule has 2 rings (SSSR count). The van der Waals surface area contributed by atoms with E-state index in [9.17, 15) is 4.79 Å². The number of rotatable bonds is 4. The molecular weight excluding hydrogens is 246 g/mol. The SMILES string of the molecule is CCc1cnc(C(C)NC(=O)NC2CCCC2)s1. The molecule has 4 nitrogen and oxygen atoms in total. The van der Waals surface area contributed by atoms with Gasteiger partial charge in [-0.3, -0.25) is 0 Å². The molecule has 0 aliphatic heterocycles. The maximum atomic E-state index is 11.8. The Bertz CT molecular complexity index is 399. The first-order chi connectivity index (χ1) is 8.69. The molecule has 1 aliphatic carbocycles. The molecule has 100 valence electrons. The molecule has 1 aliphatic rings. The molecule has 0 spiro atoms. The summed E-state index contributed by atoms with van der Waals surface area (Å²) in [4.78, 5) is 17.4. The molecule has 1 atom stereocenters. The number of aromatic nitrogens is 1. The first kappa shape index (κ1) is 13.3. The largest absolute Gasteiger partial charge is 0.335 e. The Morgan fingerprint density at radius 3 is 2.89 bits per heavy atom. The van der Waals surface area contributed by atoms with Crippen molar-refractivity contribution in [2.45, 2.75) is 58.0 Å². The molecule has 0 radical (unpaired) electrons. The predicted molar refractivity (Wildman–Crippen MR) is 73.8 cm³/mol. The second-order valence-corrected chi connectivity index (χ2v) is 5.99. The smallest absolute Gasteiger partial charge is 0.315 e. The Morgan fingerprint density at radius 2 is 2.28 bits per heavy atom. The van der Waals surface area contributed by atoms with Gasteiger partial charge in [0, 0.05) is 17.1 Å². The number of nitrogens with one attached hydrogen (secondary N) is 2. The van der Waals surface area contributed by atoms with Crippen LogP contribution in [-0.4, -0.2) is 17.1 Å². The summed E-state index contributed by atoms with van der Waals surface area (Å²) in [5.41, 5.74) is 0. The number of thiazole rings is 1. The van der Waals surface area contributed by atoms with Gasteiger partial charge in [0.25, 0.3) is 0 Å². The highest BCUT2D eigenvalue weighted by Crippen LogP contribution is 2.21. The van der Waals surface area contributed by atoms with E-state index in [1.807, 2.05) is 13.1 Å². The van der Waals surface area contributed by atoms with Crippen LogP contribution in [0.4, 0.5) is 4.79 Å². The quantitative estimate of drug-likeness (QED) is 0.881. The van der Waals surface area contributed by atoms with Crippen LogP contribution in [0.3, 0.4) is 0 Å². The maximum absolute atomic E-state index is 11.8. The lowest BCUT2D eigenvalue weighted by atomic mass is 10.2. The van der Waals surface area contributed by atoms with E-state index in [-0.39, 0.29) is 12.1 Å². The summed E-state index contributed by atoms with van der Waals surface area (Å²) in [6.45, 7) is 4.09. The maximum Gasteiger partial charge on any atom is 0.315 e. The second-order valence-electron chi connectivity index (χ2n) is 4.84. The zero-order valence-electron chi connectivity index (χ0n) is 11.0. The van der Waals surface area contributed by atoms with Crippen molar-refractivity contribution in [1.82, 2.24) is 15.6 Å². The van der Waals surface area contributed by atoms with E-state index < -0.39 is 0 Å². The molecule has 0 saturated heterocycles. The van der Waals surface area contributed by atoms with E-state index in [4.69, 9.17) is 0 Å². The summed E-state index contributed by atoms with van der Waals surface area (Å²) in [5, 5.41) is 6.97. The van der Waals surface area contributed by atoms with Crippen LogP contribution in [0.1, 0.15) is 55.5 Å². The second kappa shape index (κ2) is 6.18. The van der Waals surface area contributed by atoms with Crippen molar-refractivity contribution >= 4 is 17.4 Å². The molecule has 1 heterocycles. The monoisotopic (exact) mass is 267 g/mol. The van der Waals surface area contributed by atoms with E-state index >= 15 is 0 Å². The molecular formula is C13H21N3OS. The molecule has 1 aromatic rings. The van der Waals surface area contributed by atoms with Crippen LogP contribution in [0.5, 0.6) is 0 Å². The summed E-state index contributed by atoms with van der Waals surface area (Å²) in [5.74, 6) is 0. The summed E-state index contributed by atoms with van der Waals surface area (Å²) in [6.07, 6.45) is 7.57. The highest BCUT2D eigenvalue weighted by atomic mass is 32.1. The molecule has 0 aromatic carbocycles. The molecule has 1 fully saturated rings. The minimum Gasteiger partial charge on any atom is -0.335 e. The summed E-state index contributed by atoms with van der Waals surface area (Å²) >= 11 is 1.67. The molecule has 2 N–H and O–H groups in total. The van der Waals surface area contributed by atoms with Crippen LogP contribution in [0.2, 0.25) is 0 Å².